The number of ether oxygens (including phenoxy) is 1. The lowest BCUT2D eigenvalue weighted by atomic mass is 10.2. The van der Waals surface area contributed by atoms with E-state index in [1.807, 2.05) is 18.2 Å². The van der Waals surface area contributed by atoms with Crippen LogP contribution in [0.4, 0.5) is 5.69 Å². The zero-order valence-corrected chi connectivity index (χ0v) is 11.9. The van der Waals surface area contributed by atoms with Crippen LogP contribution in [-0.4, -0.2) is 22.9 Å². The zero-order valence-electron chi connectivity index (χ0n) is 10.3. The SMILES string of the molecule is Nc1ccc(-c2nc(CC3CCCO3)no2)cc1Br. The summed E-state index contributed by atoms with van der Waals surface area (Å²) < 4.78 is 11.7. The Kier molecular flexibility index (Phi) is 3.52. The molecule has 19 heavy (non-hydrogen) atoms. The third-order valence-electron chi connectivity index (χ3n) is 3.15. The first-order valence-electron chi connectivity index (χ1n) is 6.22. The van der Waals surface area contributed by atoms with Gasteiger partial charge in [-0.15, -0.1) is 0 Å². The number of halogens is 1. The highest BCUT2D eigenvalue weighted by Crippen LogP contribution is 2.26. The number of nitrogens with zero attached hydrogens (tertiary/aromatic N) is 2. The molecule has 0 bridgehead atoms. The van der Waals surface area contributed by atoms with E-state index in [9.17, 15) is 0 Å². The van der Waals surface area contributed by atoms with Crippen molar-refractivity contribution in [3.05, 3.63) is 28.5 Å². The molecule has 1 saturated heterocycles. The fourth-order valence-electron chi connectivity index (χ4n) is 2.12. The van der Waals surface area contributed by atoms with Crippen molar-refractivity contribution >= 4 is 21.6 Å². The monoisotopic (exact) mass is 323 g/mol. The molecule has 1 fully saturated rings. The van der Waals surface area contributed by atoms with Gasteiger partial charge < -0.3 is 15.0 Å². The fourth-order valence-corrected chi connectivity index (χ4v) is 2.50. The lowest BCUT2D eigenvalue weighted by Crippen LogP contribution is -2.09. The Morgan fingerprint density at radius 1 is 1.42 bits per heavy atom. The molecular formula is C13H14BrN3O2. The van der Waals surface area contributed by atoms with Crippen LogP contribution in [0.25, 0.3) is 11.5 Å². The van der Waals surface area contributed by atoms with Crippen LogP contribution in [0.1, 0.15) is 18.7 Å². The number of rotatable bonds is 3. The number of anilines is 1. The van der Waals surface area contributed by atoms with Crippen molar-refractivity contribution in [1.82, 2.24) is 10.1 Å². The number of nitrogen functional groups attached to an aromatic ring is 1. The molecule has 100 valence electrons. The third kappa shape index (κ3) is 2.79. The molecule has 6 heteroatoms. The van der Waals surface area contributed by atoms with Gasteiger partial charge in [-0.25, -0.2) is 0 Å². The van der Waals surface area contributed by atoms with Crippen LogP contribution in [0.5, 0.6) is 0 Å². The Hall–Kier alpha value is -1.40. The minimum absolute atomic E-state index is 0.226. The average molecular weight is 324 g/mol. The van der Waals surface area contributed by atoms with Crippen LogP contribution in [0.2, 0.25) is 0 Å². The van der Waals surface area contributed by atoms with Crippen LogP contribution in [0, 0.1) is 0 Å². The van der Waals surface area contributed by atoms with Gasteiger partial charge in [0.2, 0.25) is 0 Å². The first-order chi connectivity index (χ1) is 9.22. The molecular weight excluding hydrogens is 310 g/mol. The van der Waals surface area contributed by atoms with Crippen LogP contribution in [0.3, 0.4) is 0 Å². The summed E-state index contributed by atoms with van der Waals surface area (Å²) in [7, 11) is 0. The second kappa shape index (κ2) is 5.30. The van der Waals surface area contributed by atoms with Gasteiger partial charge in [-0.05, 0) is 47.0 Å². The van der Waals surface area contributed by atoms with Crippen molar-refractivity contribution in [1.29, 1.82) is 0 Å². The second-order valence-electron chi connectivity index (χ2n) is 4.59. The number of hydrogen-bond donors (Lipinski definition) is 1. The van der Waals surface area contributed by atoms with Gasteiger partial charge in [-0.3, -0.25) is 0 Å². The highest BCUT2D eigenvalue weighted by molar-refractivity contribution is 9.10. The van der Waals surface area contributed by atoms with Crippen molar-refractivity contribution in [2.45, 2.75) is 25.4 Å². The Labute approximate surface area is 119 Å². The largest absolute Gasteiger partial charge is 0.398 e. The van der Waals surface area contributed by atoms with Gasteiger partial charge in [-0.1, -0.05) is 5.16 Å². The van der Waals surface area contributed by atoms with E-state index in [2.05, 4.69) is 26.1 Å². The van der Waals surface area contributed by atoms with E-state index < -0.39 is 0 Å². The van der Waals surface area contributed by atoms with Gasteiger partial charge >= 0.3 is 0 Å². The maximum absolute atomic E-state index is 5.75. The number of nitrogens with two attached hydrogens (primary N) is 1. The fraction of sp³-hybridized carbons (Fsp3) is 0.385. The zero-order chi connectivity index (χ0) is 13.2. The summed E-state index contributed by atoms with van der Waals surface area (Å²) in [5.74, 6) is 1.20. The number of benzene rings is 1. The summed E-state index contributed by atoms with van der Waals surface area (Å²) in [6, 6.07) is 5.55. The average Bonchev–Trinajstić information content (AvgIpc) is 3.05. The molecule has 1 aromatic carbocycles. The van der Waals surface area contributed by atoms with E-state index in [-0.39, 0.29) is 6.10 Å². The van der Waals surface area contributed by atoms with E-state index in [1.54, 1.807) is 0 Å². The molecule has 0 radical (unpaired) electrons. The summed E-state index contributed by atoms with van der Waals surface area (Å²) >= 11 is 3.39. The molecule has 0 aliphatic carbocycles. The summed E-state index contributed by atoms with van der Waals surface area (Å²) in [6.45, 7) is 0.834. The molecule has 0 spiro atoms. The van der Waals surface area contributed by atoms with Crippen molar-refractivity contribution in [2.24, 2.45) is 0 Å². The predicted octanol–water partition coefficient (Wildman–Crippen LogP) is 2.80. The summed E-state index contributed by atoms with van der Waals surface area (Å²) in [6.07, 6.45) is 3.11. The van der Waals surface area contributed by atoms with Crippen LogP contribution >= 0.6 is 15.9 Å². The second-order valence-corrected chi connectivity index (χ2v) is 5.45. The van der Waals surface area contributed by atoms with Gasteiger partial charge in [0, 0.05) is 28.8 Å². The molecule has 2 heterocycles. The van der Waals surface area contributed by atoms with Crippen molar-refractivity contribution in [3.63, 3.8) is 0 Å². The van der Waals surface area contributed by atoms with Crippen molar-refractivity contribution in [3.8, 4) is 11.5 Å². The van der Waals surface area contributed by atoms with E-state index in [1.165, 1.54) is 0 Å². The lowest BCUT2D eigenvalue weighted by Gasteiger charge is -2.03. The number of aromatic nitrogens is 2. The summed E-state index contributed by atoms with van der Waals surface area (Å²) in [5, 5.41) is 4.00. The predicted molar refractivity (Wildman–Crippen MR) is 74.5 cm³/mol. The minimum Gasteiger partial charge on any atom is -0.398 e. The molecule has 0 saturated carbocycles. The van der Waals surface area contributed by atoms with Gasteiger partial charge in [0.05, 0.1) is 6.10 Å². The Bertz CT molecular complexity index is 579. The quantitative estimate of drug-likeness (QED) is 0.879. The standard InChI is InChI=1S/C13H14BrN3O2/c14-10-6-8(3-4-11(10)15)13-16-12(17-19-13)7-9-2-1-5-18-9/h3-4,6,9H,1-2,5,7,15H2. The molecule has 2 N–H and O–H groups in total. The summed E-state index contributed by atoms with van der Waals surface area (Å²) in [4.78, 5) is 4.40. The maximum Gasteiger partial charge on any atom is 0.257 e. The highest BCUT2D eigenvalue weighted by Gasteiger charge is 2.19. The molecule has 0 amide bonds. The topological polar surface area (TPSA) is 74.2 Å². The van der Waals surface area contributed by atoms with Gasteiger partial charge in [0.25, 0.3) is 5.89 Å². The first kappa shape index (κ1) is 12.6. The van der Waals surface area contributed by atoms with Crippen LogP contribution in [-0.2, 0) is 11.2 Å². The lowest BCUT2D eigenvalue weighted by molar-refractivity contribution is 0.109. The van der Waals surface area contributed by atoms with Crippen molar-refractivity contribution < 1.29 is 9.26 Å². The minimum atomic E-state index is 0.226. The first-order valence-corrected chi connectivity index (χ1v) is 7.01. The van der Waals surface area contributed by atoms with Crippen molar-refractivity contribution in [2.75, 3.05) is 12.3 Å². The Balaban J connectivity index is 1.78. The van der Waals surface area contributed by atoms with Gasteiger partial charge in [0.15, 0.2) is 5.82 Å². The molecule has 1 aromatic heterocycles. The molecule has 1 unspecified atom stereocenters. The molecule has 5 nitrogen and oxygen atoms in total. The molecule has 1 aliphatic heterocycles. The van der Waals surface area contributed by atoms with Gasteiger partial charge in [0.1, 0.15) is 0 Å². The van der Waals surface area contributed by atoms with E-state index >= 15 is 0 Å². The summed E-state index contributed by atoms with van der Waals surface area (Å²) in [5.41, 5.74) is 7.29. The number of hydrogen-bond acceptors (Lipinski definition) is 5. The molecule has 3 rings (SSSR count). The smallest absolute Gasteiger partial charge is 0.257 e. The normalized spacial score (nSPS) is 18.9. The third-order valence-corrected chi connectivity index (χ3v) is 3.84. The van der Waals surface area contributed by atoms with E-state index in [0.29, 0.717) is 23.8 Å². The van der Waals surface area contributed by atoms with E-state index in [4.69, 9.17) is 15.0 Å². The molecule has 2 aromatic rings. The van der Waals surface area contributed by atoms with Crippen LogP contribution in [0.15, 0.2) is 27.2 Å². The maximum atomic E-state index is 5.75. The highest BCUT2D eigenvalue weighted by atomic mass is 79.9. The van der Waals surface area contributed by atoms with Crippen LogP contribution < -0.4 is 5.73 Å². The Morgan fingerprint density at radius 3 is 3.05 bits per heavy atom. The van der Waals surface area contributed by atoms with E-state index in [0.717, 1.165) is 29.5 Å². The molecule has 1 aliphatic rings. The molecule has 1 atom stereocenters. The van der Waals surface area contributed by atoms with Gasteiger partial charge in [-0.2, -0.15) is 4.98 Å². The Morgan fingerprint density at radius 2 is 2.32 bits per heavy atom.